The van der Waals surface area contributed by atoms with E-state index in [0.717, 1.165) is 38.5 Å². The monoisotopic (exact) mass is 286 g/mol. The fraction of sp³-hybridized carbons (Fsp3) is 0.786. The van der Waals surface area contributed by atoms with Crippen LogP contribution in [-0.2, 0) is 18.6 Å². The van der Waals surface area contributed by atoms with Crippen LogP contribution in [0.2, 0.25) is 0 Å². The van der Waals surface area contributed by atoms with Crippen LogP contribution in [0, 0.1) is 5.92 Å². The van der Waals surface area contributed by atoms with Crippen molar-refractivity contribution in [1.82, 2.24) is 0 Å². The number of Topliss-reactive ketones (excluding diaryl/α,β-unsaturated/α-hetero) is 2. The summed E-state index contributed by atoms with van der Waals surface area (Å²) in [5, 5.41) is 0. The summed E-state index contributed by atoms with van der Waals surface area (Å²) in [6, 6.07) is 0. The van der Waals surface area contributed by atoms with Crippen LogP contribution in [0.15, 0.2) is 0 Å². The molecule has 0 amide bonds. The lowest BCUT2D eigenvalue weighted by molar-refractivity contribution is -0.147. The Bertz CT molecular complexity index is 317. The van der Waals surface area contributed by atoms with Gasteiger partial charge in [-0.25, -0.2) is 4.79 Å². The van der Waals surface area contributed by atoms with E-state index in [2.05, 4.69) is 17.1 Å². The fourth-order valence-electron chi connectivity index (χ4n) is 2.56. The molecular formula is C14H22O4S. The summed E-state index contributed by atoms with van der Waals surface area (Å²) in [6.45, 7) is 0. The summed E-state index contributed by atoms with van der Waals surface area (Å²) >= 11 is 3.28. The van der Waals surface area contributed by atoms with Crippen LogP contribution >= 0.6 is 12.9 Å². The van der Waals surface area contributed by atoms with E-state index in [9.17, 15) is 14.4 Å². The predicted molar refractivity (Wildman–Crippen MR) is 74.8 cm³/mol. The molecule has 19 heavy (non-hydrogen) atoms. The van der Waals surface area contributed by atoms with Crippen molar-refractivity contribution < 1.29 is 18.6 Å². The number of hydrogen-bond donors (Lipinski definition) is 1. The van der Waals surface area contributed by atoms with Gasteiger partial charge in [0.1, 0.15) is 5.78 Å². The van der Waals surface area contributed by atoms with Crippen molar-refractivity contribution >= 4 is 30.4 Å². The van der Waals surface area contributed by atoms with E-state index >= 15 is 0 Å². The van der Waals surface area contributed by atoms with Crippen LogP contribution in [0.5, 0.6) is 0 Å². The van der Waals surface area contributed by atoms with E-state index in [4.69, 9.17) is 0 Å². The minimum Gasteiger partial charge on any atom is -0.389 e. The molecule has 5 heteroatoms. The van der Waals surface area contributed by atoms with Gasteiger partial charge in [0, 0.05) is 18.8 Å². The van der Waals surface area contributed by atoms with Crippen LogP contribution in [0.25, 0.3) is 0 Å². The molecule has 0 unspecified atom stereocenters. The first kappa shape index (κ1) is 16.2. The second-order valence-electron chi connectivity index (χ2n) is 5.19. The smallest absolute Gasteiger partial charge is 0.386 e. The summed E-state index contributed by atoms with van der Waals surface area (Å²) in [5.74, 6) is -2.03. The Morgan fingerprint density at radius 2 is 1.37 bits per heavy atom. The summed E-state index contributed by atoms with van der Waals surface area (Å²) in [5.41, 5.74) is 0. The topological polar surface area (TPSA) is 60.4 Å². The van der Waals surface area contributed by atoms with Gasteiger partial charge >= 0.3 is 5.97 Å². The van der Waals surface area contributed by atoms with Crippen LogP contribution in [0.3, 0.4) is 0 Å². The van der Waals surface area contributed by atoms with Crippen molar-refractivity contribution in [3.63, 3.8) is 0 Å². The molecule has 1 rings (SSSR count). The Kier molecular flexibility index (Phi) is 7.79. The maximum Gasteiger partial charge on any atom is 0.386 e. The molecule has 0 saturated heterocycles. The van der Waals surface area contributed by atoms with Gasteiger partial charge < -0.3 is 4.18 Å². The van der Waals surface area contributed by atoms with Crippen LogP contribution < -0.4 is 0 Å². The molecule has 1 fully saturated rings. The fourth-order valence-corrected chi connectivity index (χ4v) is 2.66. The highest BCUT2D eigenvalue weighted by Crippen LogP contribution is 2.23. The van der Waals surface area contributed by atoms with Gasteiger partial charge in [-0.2, -0.15) is 0 Å². The van der Waals surface area contributed by atoms with E-state index in [-0.39, 0.29) is 18.1 Å². The molecule has 0 aromatic heterocycles. The van der Waals surface area contributed by atoms with E-state index in [1.165, 1.54) is 19.3 Å². The standard InChI is InChI=1S/C14H22O4S/c15-12(10-13(16)14(17)18-19)11-8-6-4-2-1-3-5-7-9-11/h11,19H,1-10H2. The molecule has 1 aliphatic rings. The van der Waals surface area contributed by atoms with Gasteiger partial charge in [-0.1, -0.05) is 44.9 Å². The molecule has 0 spiro atoms. The van der Waals surface area contributed by atoms with Gasteiger partial charge in [-0.05, 0) is 12.8 Å². The Labute approximate surface area is 119 Å². The minimum absolute atomic E-state index is 0.0743. The molecule has 1 aliphatic carbocycles. The summed E-state index contributed by atoms with van der Waals surface area (Å²) in [7, 11) is 0. The molecule has 0 aromatic rings. The summed E-state index contributed by atoms with van der Waals surface area (Å²) in [6.07, 6.45) is 9.42. The maximum absolute atomic E-state index is 12.0. The quantitative estimate of drug-likeness (QED) is 0.373. The van der Waals surface area contributed by atoms with Gasteiger partial charge in [0.05, 0.1) is 6.42 Å². The number of carbonyl (C=O) groups is 3. The second-order valence-corrected chi connectivity index (χ2v) is 5.38. The van der Waals surface area contributed by atoms with Gasteiger partial charge in [-0.3, -0.25) is 9.59 Å². The van der Waals surface area contributed by atoms with Crippen LogP contribution in [0.1, 0.15) is 64.2 Å². The molecule has 108 valence electrons. The third kappa shape index (κ3) is 6.23. The average Bonchev–Trinajstić information content (AvgIpc) is 2.43. The van der Waals surface area contributed by atoms with Crippen molar-refractivity contribution in [2.75, 3.05) is 0 Å². The highest BCUT2D eigenvalue weighted by Gasteiger charge is 2.24. The average molecular weight is 286 g/mol. The Morgan fingerprint density at radius 1 is 0.895 bits per heavy atom. The molecule has 4 nitrogen and oxygen atoms in total. The van der Waals surface area contributed by atoms with E-state index in [0.29, 0.717) is 0 Å². The highest BCUT2D eigenvalue weighted by molar-refractivity contribution is 7.75. The van der Waals surface area contributed by atoms with Gasteiger partial charge in [0.25, 0.3) is 0 Å². The van der Waals surface area contributed by atoms with Crippen molar-refractivity contribution in [2.45, 2.75) is 64.2 Å². The van der Waals surface area contributed by atoms with Gasteiger partial charge in [0.2, 0.25) is 5.78 Å². The first-order valence-corrected chi connectivity index (χ1v) is 7.43. The van der Waals surface area contributed by atoms with Crippen molar-refractivity contribution in [1.29, 1.82) is 0 Å². The number of carbonyl (C=O) groups excluding carboxylic acids is 3. The lowest BCUT2D eigenvalue weighted by Crippen LogP contribution is -2.23. The largest absolute Gasteiger partial charge is 0.389 e. The van der Waals surface area contributed by atoms with E-state index < -0.39 is 11.8 Å². The third-order valence-corrected chi connectivity index (χ3v) is 3.87. The van der Waals surface area contributed by atoms with Crippen molar-refractivity contribution in [3.8, 4) is 0 Å². The first-order chi connectivity index (χ1) is 9.15. The molecule has 0 aliphatic heterocycles. The van der Waals surface area contributed by atoms with E-state index in [1.54, 1.807) is 0 Å². The van der Waals surface area contributed by atoms with E-state index in [1.807, 2.05) is 0 Å². The molecule has 0 atom stereocenters. The molecule has 0 radical (unpaired) electrons. The normalized spacial score (nSPS) is 18.6. The molecular weight excluding hydrogens is 264 g/mol. The first-order valence-electron chi connectivity index (χ1n) is 7.06. The van der Waals surface area contributed by atoms with Gasteiger partial charge in [0.15, 0.2) is 0 Å². The maximum atomic E-state index is 12.0. The number of hydrogen-bond acceptors (Lipinski definition) is 5. The zero-order valence-electron chi connectivity index (χ0n) is 11.2. The second kappa shape index (κ2) is 9.13. The molecule has 1 saturated carbocycles. The number of ketones is 2. The molecule has 0 N–H and O–H groups in total. The lowest BCUT2D eigenvalue weighted by Gasteiger charge is -2.16. The zero-order chi connectivity index (χ0) is 14.1. The minimum atomic E-state index is -1.04. The highest BCUT2D eigenvalue weighted by atomic mass is 32.1. The molecule has 0 bridgehead atoms. The zero-order valence-corrected chi connectivity index (χ0v) is 12.1. The summed E-state index contributed by atoms with van der Waals surface area (Å²) in [4.78, 5) is 34.4. The molecule has 0 aromatic carbocycles. The van der Waals surface area contributed by atoms with Crippen molar-refractivity contribution in [3.05, 3.63) is 0 Å². The lowest BCUT2D eigenvalue weighted by atomic mass is 9.87. The van der Waals surface area contributed by atoms with Crippen LogP contribution in [0.4, 0.5) is 0 Å². The SMILES string of the molecule is O=C(CC(=O)C1CCCCCCCCC1)C(=O)OS. The van der Waals surface area contributed by atoms with Crippen molar-refractivity contribution in [2.24, 2.45) is 5.92 Å². The summed E-state index contributed by atoms with van der Waals surface area (Å²) < 4.78 is 4.04. The van der Waals surface area contributed by atoms with Crippen LogP contribution in [-0.4, -0.2) is 17.5 Å². The Morgan fingerprint density at radius 3 is 1.84 bits per heavy atom. The van der Waals surface area contributed by atoms with Gasteiger partial charge in [-0.15, -0.1) is 0 Å². The molecule has 0 heterocycles. The Balaban J connectivity index is 2.46. The third-order valence-electron chi connectivity index (χ3n) is 3.71. The Hall–Kier alpha value is -0.840. The number of rotatable bonds is 4. The predicted octanol–water partition coefficient (Wildman–Crippen LogP) is 3.04. The number of thiol groups is 1.